The van der Waals surface area contributed by atoms with E-state index in [1.54, 1.807) is 0 Å². The van der Waals surface area contributed by atoms with E-state index in [4.69, 9.17) is 0 Å². The third kappa shape index (κ3) is 7.15. The van der Waals surface area contributed by atoms with Crippen LogP contribution in [0.2, 0.25) is 0 Å². The van der Waals surface area contributed by atoms with Gasteiger partial charge in [0.1, 0.15) is 0 Å². The fraction of sp³-hybridized carbons (Fsp3) is 1.00. The molecule has 0 amide bonds. The van der Waals surface area contributed by atoms with Crippen molar-refractivity contribution in [3.05, 3.63) is 0 Å². The maximum Gasteiger partial charge on any atom is 0.00951 e. The third-order valence-corrected chi connectivity index (χ3v) is 5.80. The lowest BCUT2D eigenvalue weighted by atomic mass is 9.97. The van der Waals surface area contributed by atoms with Gasteiger partial charge in [-0.05, 0) is 32.7 Å². The van der Waals surface area contributed by atoms with Crippen molar-refractivity contribution in [3.63, 3.8) is 0 Å². The first-order chi connectivity index (χ1) is 9.88. The van der Waals surface area contributed by atoms with Gasteiger partial charge in [0.05, 0.1) is 0 Å². The first kappa shape index (κ1) is 19.0. The van der Waals surface area contributed by atoms with Crippen LogP contribution in [0.25, 0.3) is 0 Å². The minimum atomic E-state index is 0. The summed E-state index contributed by atoms with van der Waals surface area (Å²) in [6.07, 6.45) is 23.6. The molecule has 2 rings (SSSR count). The SMILES string of the molecule is CN(C1CCCCCCCC1)C1CCCCCCCC1.O. The molecule has 0 aromatic carbocycles. The Morgan fingerprint density at radius 3 is 1.00 bits per heavy atom. The highest BCUT2D eigenvalue weighted by molar-refractivity contribution is 4.78. The molecule has 2 saturated carbocycles. The first-order valence-corrected chi connectivity index (χ1v) is 9.60. The topological polar surface area (TPSA) is 34.7 Å². The van der Waals surface area contributed by atoms with Crippen LogP contribution in [0, 0.1) is 0 Å². The largest absolute Gasteiger partial charge is 0.412 e. The van der Waals surface area contributed by atoms with Crippen molar-refractivity contribution in [2.45, 2.75) is 115 Å². The second-order valence-corrected chi connectivity index (χ2v) is 7.37. The van der Waals surface area contributed by atoms with Crippen molar-refractivity contribution in [2.24, 2.45) is 0 Å². The third-order valence-electron chi connectivity index (χ3n) is 5.80. The first-order valence-electron chi connectivity index (χ1n) is 9.60. The van der Waals surface area contributed by atoms with Crippen LogP contribution in [-0.4, -0.2) is 29.5 Å². The molecule has 2 N–H and O–H groups in total. The zero-order valence-electron chi connectivity index (χ0n) is 14.4. The average Bonchev–Trinajstić information content (AvgIpc) is 2.69. The molecule has 0 saturated heterocycles. The Kier molecular flexibility index (Phi) is 10.4. The Hall–Kier alpha value is -0.0800. The fourth-order valence-electron chi connectivity index (χ4n) is 4.34. The molecule has 0 bridgehead atoms. The van der Waals surface area contributed by atoms with Crippen molar-refractivity contribution in [1.29, 1.82) is 0 Å². The highest BCUT2D eigenvalue weighted by atomic mass is 16.0. The summed E-state index contributed by atoms with van der Waals surface area (Å²) in [5.41, 5.74) is 0. The minimum absolute atomic E-state index is 0. The zero-order valence-corrected chi connectivity index (χ0v) is 14.4. The van der Waals surface area contributed by atoms with Gasteiger partial charge in [-0.25, -0.2) is 0 Å². The molecule has 2 aliphatic rings. The lowest BCUT2D eigenvalue weighted by molar-refractivity contribution is 0.135. The van der Waals surface area contributed by atoms with E-state index in [9.17, 15) is 0 Å². The quantitative estimate of drug-likeness (QED) is 0.698. The number of hydrogen-bond donors (Lipinski definition) is 0. The van der Waals surface area contributed by atoms with Crippen LogP contribution < -0.4 is 0 Å². The van der Waals surface area contributed by atoms with Crippen LogP contribution in [0.1, 0.15) is 103 Å². The molecule has 0 atom stereocenters. The lowest BCUT2D eigenvalue weighted by Gasteiger charge is -2.35. The molecular weight excluding hydrogens is 258 g/mol. The number of nitrogens with zero attached hydrogens (tertiary/aromatic N) is 1. The van der Waals surface area contributed by atoms with Gasteiger partial charge in [-0.1, -0.05) is 77.0 Å². The summed E-state index contributed by atoms with van der Waals surface area (Å²) in [6, 6.07) is 1.78. The molecule has 0 unspecified atom stereocenters. The lowest BCUT2D eigenvalue weighted by Crippen LogP contribution is -2.40. The predicted molar refractivity (Wildman–Crippen MR) is 92.8 cm³/mol. The van der Waals surface area contributed by atoms with Crippen molar-refractivity contribution in [2.75, 3.05) is 7.05 Å². The standard InChI is InChI=1S/C19H37N.H2O/c1-20(18-14-10-6-2-3-7-11-15-18)19-16-12-8-4-5-9-13-17-19;/h18-19H,2-17H2,1H3;1H2. The average molecular weight is 298 g/mol. The smallest absolute Gasteiger partial charge is 0.00951 e. The van der Waals surface area contributed by atoms with Gasteiger partial charge in [-0.3, -0.25) is 0 Å². The zero-order chi connectivity index (χ0) is 14.0. The van der Waals surface area contributed by atoms with Gasteiger partial charge < -0.3 is 10.4 Å². The summed E-state index contributed by atoms with van der Waals surface area (Å²) < 4.78 is 0. The summed E-state index contributed by atoms with van der Waals surface area (Å²) in [5.74, 6) is 0. The predicted octanol–water partition coefficient (Wildman–Crippen LogP) is 5.10. The van der Waals surface area contributed by atoms with E-state index < -0.39 is 0 Å². The van der Waals surface area contributed by atoms with E-state index >= 15 is 0 Å². The molecule has 2 nitrogen and oxygen atoms in total. The minimum Gasteiger partial charge on any atom is -0.412 e. The van der Waals surface area contributed by atoms with Crippen molar-refractivity contribution < 1.29 is 5.48 Å². The Morgan fingerprint density at radius 2 is 0.714 bits per heavy atom. The van der Waals surface area contributed by atoms with Gasteiger partial charge in [0.2, 0.25) is 0 Å². The van der Waals surface area contributed by atoms with Crippen molar-refractivity contribution >= 4 is 0 Å². The van der Waals surface area contributed by atoms with Gasteiger partial charge in [-0.2, -0.15) is 0 Å². The maximum atomic E-state index is 2.82. The molecule has 21 heavy (non-hydrogen) atoms. The second-order valence-electron chi connectivity index (χ2n) is 7.37. The Labute approximate surface area is 133 Å². The Bertz CT molecular complexity index is 200. The van der Waals surface area contributed by atoms with E-state index in [0.717, 1.165) is 12.1 Å². The van der Waals surface area contributed by atoms with E-state index in [1.807, 2.05) is 0 Å². The van der Waals surface area contributed by atoms with E-state index in [1.165, 1.54) is 103 Å². The van der Waals surface area contributed by atoms with Crippen LogP contribution in [0.15, 0.2) is 0 Å². The molecule has 2 fully saturated rings. The fourth-order valence-corrected chi connectivity index (χ4v) is 4.34. The number of hydrogen-bond acceptors (Lipinski definition) is 1. The molecule has 0 spiro atoms. The molecular formula is C19H39NO. The molecule has 0 radical (unpaired) electrons. The van der Waals surface area contributed by atoms with Crippen LogP contribution in [0.4, 0.5) is 0 Å². The van der Waals surface area contributed by atoms with E-state index in [2.05, 4.69) is 11.9 Å². The van der Waals surface area contributed by atoms with Crippen LogP contribution in [0.3, 0.4) is 0 Å². The van der Waals surface area contributed by atoms with Crippen LogP contribution in [0.5, 0.6) is 0 Å². The summed E-state index contributed by atoms with van der Waals surface area (Å²) in [6.45, 7) is 0. The molecule has 0 heterocycles. The Balaban J connectivity index is 0.00000220. The molecule has 126 valence electrons. The van der Waals surface area contributed by atoms with Gasteiger partial charge >= 0.3 is 0 Å². The molecule has 0 aromatic rings. The molecule has 0 aromatic heterocycles. The second kappa shape index (κ2) is 11.5. The molecule has 0 aliphatic heterocycles. The van der Waals surface area contributed by atoms with Gasteiger partial charge in [0.15, 0.2) is 0 Å². The summed E-state index contributed by atoms with van der Waals surface area (Å²) in [5, 5.41) is 0. The molecule has 2 aliphatic carbocycles. The monoisotopic (exact) mass is 297 g/mol. The normalized spacial score (nSPS) is 24.9. The van der Waals surface area contributed by atoms with Crippen molar-refractivity contribution in [3.8, 4) is 0 Å². The van der Waals surface area contributed by atoms with Crippen LogP contribution >= 0.6 is 0 Å². The van der Waals surface area contributed by atoms with Crippen molar-refractivity contribution in [1.82, 2.24) is 4.90 Å². The Morgan fingerprint density at radius 1 is 0.476 bits per heavy atom. The summed E-state index contributed by atoms with van der Waals surface area (Å²) >= 11 is 0. The number of rotatable bonds is 2. The maximum absolute atomic E-state index is 2.82. The van der Waals surface area contributed by atoms with Gasteiger partial charge in [0.25, 0.3) is 0 Å². The highest BCUT2D eigenvalue weighted by Gasteiger charge is 2.22. The van der Waals surface area contributed by atoms with Gasteiger partial charge in [-0.15, -0.1) is 0 Å². The van der Waals surface area contributed by atoms with Crippen LogP contribution in [-0.2, 0) is 0 Å². The summed E-state index contributed by atoms with van der Waals surface area (Å²) in [7, 11) is 2.45. The van der Waals surface area contributed by atoms with E-state index in [0.29, 0.717) is 0 Å². The molecule has 2 heteroatoms. The highest BCUT2D eigenvalue weighted by Crippen LogP contribution is 2.26. The van der Waals surface area contributed by atoms with Gasteiger partial charge in [0, 0.05) is 12.1 Å². The van der Waals surface area contributed by atoms with E-state index in [-0.39, 0.29) is 5.48 Å². The summed E-state index contributed by atoms with van der Waals surface area (Å²) in [4.78, 5) is 2.82.